The summed E-state index contributed by atoms with van der Waals surface area (Å²) in [7, 11) is 0. The Bertz CT molecular complexity index is 388. The average molecular weight is 272 g/mol. The monoisotopic (exact) mass is 272 g/mol. The van der Waals surface area contributed by atoms with Crippen LogP contribution in [0.4, 0.5) is 0 Å². The summed E-state index contributed by atoms with van der Waals surface area (Å²) in [6.07, 6.45) is 11.3. The second kappa shape index (κ2) is 6.33. The van der Waals surface area contributed by atoms with Crippen molar-refractivity contribution in [1.82, 2.24) is 0 Å². The van der Waals surface area contributed by atoms with Crippen molar-refractivity contribution in [2.75, 3.05) is 0 Å². The molecule has 0 N–H and O–H groups in total. The van der Waals surface area contributed by atoms with Crippen LogP contribution in [0.2, 0.25) is 0 Å². The summed E-state index contributed by atoms with van der Waals surface area (Å²) < 4.78 is 0. The van der Waals surface area contributed by atoms with E-state index >= 15 is 0 Å². The van der Waals surface area contributed by atoms with Crippen LogP contribution in [0.15, 0.2) is 24.3 Å². The van der Waals surface area contributed by atoms with Crippen LogP contribution in [0, 0.1) is 5.41 Å². The first-order valence-electron chi connectivity index (χ1n) is 8.81. The Morgan fingerprint density at radius 3 is 1.70 bits per heavy atom. The number of fused-ring (bicyclic) bond motifs is 3. The van der Waals surface area contributed by atoms with Gasteiger partial charge in [-0.05, 0) is 66.9 Å². The van der Waals surface area contributed by atoms with Crippen molar-refractivity contribution in [1.29, 1.82) is 0 Å². The molecular formula is C20H32. The van der Waals surface area contributed by atoms with E-state index in [1.54, 1.807) is 5.56 Å². The number of hydrogen-bond acceptors (Lipinski definition) is 0. The zero-order valence-electron chi connectivity index (χ0n) is 14.0. The molecule has 0 radical (unpaired) electrons. The van der Waals surface area contributed by atoms with Crippen LogP contribution in [0.3, 0.4) is 0 Å². The standard InChI is InChI=1S/C18H26.C2H6/c1-3-15-5-7-16(8-6-15)18-12-9-17(4-2,10-13-18)11-14-18;1-2/h5-8H,3-4,9-14H2,1-2H3;1-2H3. The van der Waals surface area contributed by atoms with Gasteiger partial charge in [0.1, 0.15) is 0 Å². The van der Waals surface area contributed by atoms with Gasteiger partial charge in [-0.2, -0.15) is 0 Å². The lowest BCUT2D eigenvalue weighted by atomic mass is 9.51. The van der Waals surface area contributed by atoms with Crippen molar-refractivity contribution < 1.29 is 0 Å². The van der Waals surface area contributed by atoms with Crippen molar-refractivity contribution in [3.05, 3.63) is 35.4 Å². The van der Waals surface area contributed by atoms with Gasteiger partial charge < -0.3 is 0 Å². The lowest BCUT2D eigenvalue weighted by Gasteiger charge is -2.54. The van der Waals surface area contributed by atoms with Gasteiger partial charge >= 0.3 is 0 Å². The molecule has 3 aliphatic rings. The number of hydrogen-bond donors (Lipinski definition) is 0. The van der Waals surface area contributed by atoms with Crippen LogP contribution in [-0.2, 0) is 11.8 Å². The number of rotatable bonds is 3. The molecule has 0 heteroatoms. The maximum absolute atomic E-state index is 2.42. The van der Waals surface area contributed by atoms with E-state index in [1.807, 2.05) is 13.8 Å². The van der Waals surface area contributed by atoms with Gasteiger partial charge in [0.15, 0.2) is 0 Å². The molecule has 1 aromatic carbocycles. The first-order chi connectivity index (χ1) is 9.72. The second-order valence-electron chi connectivity index (χ2n) is 6.68. The van der Waals surface area contributed by atoms with Gasteiger partial charge in [-0.15, -0.1) is 0 Å². The maximum Gasteiger partial charge on any atom is -0.00464 e. The molecular weight excluding hydrogens is 240 g/mol. The van der Waals surface area contributed by atoms with Crippen LogP contribution < -0.4 is 0 Å². The minimum Gasteiger partial charge on any atom is -0.0683 e. The smallest absolute Gasteiger partial charge is 0.00464 e. The molecule has 3 fully saturated rings. The first kappa shape index (κ1) is 15.6. The molecule has 0 nitrogen and oxygen atoms in total. The summed E-state index contributed by atoms with van der Waals surface area (Å²) in [5, 5.41) is 0. The Morgan fingerprint density at radius 1 is 0.800 bits per heavy atom. The number of aryl methyl sites for hydroxylation is 1. The van der Waals surface area contributed by atoms with Crippen LogP contribution in [0.5, 0.6) is 0 Å². The van der Waals surface area contributed by atoms with Crippen molar-refractivity contribution in [2.45, 2.75) is 84.5 Å². The quantitative estimate of drug-likeness (QED) is 0.607. The molecule has 3 saturated carbocycles. The Kier molecular flexibility index (Phi) is 4.94. The molecule has 0 aliphatic heterocycles. The third kappa shape index (κ3) is 2.67. The van der Waals surface area contributed by atoms with E-state index < -0.39 is 0 Å². The summed E-state index contributed by atoms with van der Waals surface area (Å²) >= 11 is 0. The minimum atomic E-state index is 0.545. The van der Waals surface area contributed by atoms with E-state index in [9.17, 15) is 0 Å². The fourth-order valence-electron chi connectivity index (χ4n) is 4.32. The zero-order valence-corrected chi connectivity index (χ0v) is 14.0. The Hall–Kier alpha value is -0.780. The molecule has 2 bridgehead atoms. The highest BCUT2D eigenvalue weighted by Crippen LogP contribution is 2.58. The molecule has 0 aromatic heterocycles. The summed E-state index contributed by atoms with van der Waals surface area (Å²) in [5.74, 6) is 0. The molecule has 20 heavy (non-hydrogen) atoms. The van der Waals surface area contributed by atoms with E-state index in [2.05, 4.69) is 38.1 Å². The van der Waals surface area contributed by atoms with Crippen molar-refractivity contribution in [3.8, 4) is 0 Å². The molecule has 0 amide bonds. The Labute approximate surface area is 126 Å². The summed E-state index contributed by atoms with van der Waals surface area (Å²) in [6, 6.07) is 9.53. The second-order valence-corrected chi connectivity index (χ2v) is 6.68. The van der Waals surface area contributed by atoms with Gasteiger partial charge in [-0.1, -0.05) is 58.4 Å². The fourth-order valence-corrected chi connectivity index (χ4v) is 4.32. The summed E-state index contributed by atoms with van der Waals surface area (Å²) in [6.45, 7) is 8.64. The van der Waals surface area contributed by atoms with E-state index in [4.69, 9.17) is 0 Å². The van der Waals surface area contributed by atoms with E-state index in [1.165, 1.54) is 50.5 Å². The predicted octanol–water partition coefficient (Wildman–Crippen LogP) is 6.28. The van der Waals surface area contributed by atoms with Gasteiger partial charge in [0, 0.05) is 0 Å². The van der Waals surface area contributed by atoms with Crippen LogP contribution in [0.25, 0.3) is 0 Å². The SMILES string of the molecule is CC.CCc1ccc(C23CCC(CC)(CC2)CC3)cc1. The molecule has 3 aliphatic carbocycles. The Morgan fingerprint density at radius 2 is 1.30 bits per heavy atom. The van der Waals surface area contributed by atoms with Crippen molar-refractivity contribution in [3.63, 3.8) is 0 Å². The fraction of sp³-hybridized carbons (Fsp3) is 0.700. The molecule has 0 atom stereocenters. The van der Waals surface area contributed by atoms with E-state index in [0.717, 1.165) is 11.8 Å². The van der Waals surface area contributed by atoms with Gasteiger partial charge in [-0.3, -0.25) is 0 Å². The lowest BCUT2D eigenvalue weighted by Crippen LogP contribution is -2.43. The van der Waals surface area contributed by atoms with Crippen LogP contribution >= 0.6 is 0 Å². The van der Waals surface area contributed by atoms with Gasteiger partial charge in [0.05, 0.1) is 0 Å². The average Bonchev–Trinajstić information content (AvgIpc) is 2.58. The minimum absolute atomic E-state index is 0.545. The van der Waals surface area contributed by atoms with Crippen LogP contribution in [0.1, 0.15) is 83.8 Å². The third-order valence-electron chi connectivity index (χ3n) is 6.13. The van der Waals surface area contributed by atoms with E-state index in [-0.39, 0.29) is 0 Å². The highest BCUT2D eigenvalue weighted by molar-refractivity contribution is 5.31. The zero-order chi connectivity index (χ0) is 14.6. The van der Waals surface area contributed by atoms with Gasteiger partial charge in [0.25, 0.3) is 0 Å². The maximum atomic E-state index is 2.42. The lowest BCUT2D eigenvalue weighted by molar-refractivity contribution is 0.0367. The van der Waals surface area contributed by atoms with Crippen LogP contribution in [-0.4, -0.2) is 0 Å². The third-order valence-corrected chi connectivity index (χ3v) is 6.13. The summed E-state index contributed by atoms with van der Waals surface area (Å²) in [5.41, 5.74) is 4.38. The highest BCUT2D eigenvalue weighted by Gasteiger charge is 2.48. The summed E-state index contributed by atoms with van der Waals surface area (Å²) in [4.78, 5) is 0. The normalized spacial score (nSPS) is 31.6. The topological polar surface area (TPSA) is 0 Å². The van der Waals surface area contributed by atoms with Gasteiger partial charge in [0.2, 0.25) is 0 Å². The molecule has 0 spiro atoms. The molecule has 0 heterocycles. The molecule has 4 rings (SSSR count). The first-order valence-corrected chi connectivity index (χ1v) is 8.81. The Balaban J connectivity index is 0.000000704. The predicted molar refractivity (Wildman–Crippen MR) is 89.3 cm³/mol. The largest absolute Gasteiger partial charge is 0.0683 e. The highest BCUT2D eigenvalue weighted by atomic mass is 14.5. The van der Waals surface area contributed by atoms with Gasteiger partial charge in [-0.25, -0.2) is 0 Å². The molecule has 0 saturated heterocycles. The van der Waals surface area contributed by atoms with E-state index in [0.29, 0.717) is 5.41 Å². The molecule has 0 unspecified atom stereocenters. The van der Waals surface area contributed by atoms with Crippen molar-refractivity contribution >= 4 is 0 Å². The number of benzene rings is 1. The van der Waals surface area contributed by atoms with Crippen molar-refractivity contribution in [2.24, 2.45) is 5.41 Å². The molecule has 112 valence electrons. The molecule has 1 aromatic rings.